The highest BCUT2D eigenvalue weighted by atomic mass is 16.6. The SMILES string of the molecule is O=C1C[C@H]2C[C@H](C[C@H](CCc3ccc(O)cc3O)O2)O1. The van der Waals surface area contributed by atoms with Gasteiger partial charge in [-0.2, -0.15) is 0 Å². The Bertz CT molecular complexity index is 497. The Balaban J connectivity index is 1.58. The Labute approximate surface area is 117 Å². The fourth-order valence-corrected chi connectivity index (χ4v) is 2.98. The maximum atomic E-state index is 11.3. The van der Waals surface area contributed by atoms with Crippen molar-refractivity contribution >= 4 is 5.97 Å². The first-order chi connectivity index (χ1) is 9.60. The Morgan fingerprint density at radius 3 is 2.80 bits per heavy atom. The van der Waals surface area contributed by atoms with Crippen molar-refractivity contribution < 1.29 is 24.5 Å². The van der Waals surface area contributed by atoms with Gasteiger partial charge in [-0.05, 0) is 24.5 Å². The lowest BCUT2D eigenvalue weighted by Crippen LogP contribution is -2.43. The second-order valence-corrected chi connectivity index (χ2v) is 5.52. The first-order valence-electron chi connectivity index (χ1n) is 6.96. The van der Waals surface area contributed by atoms with Gasteiger partial charge in [0.15, 0.2) is 0 Å². The molecule has 3 rings (SSSR count). The molecule has 0 aliphatic carbocycles. The number of ether oxygens (including phenoxy) is 2. The third kappa shape index (κ3) is 2.88. The van der Waals surface area contributed by atoms with Crippen LogP contribution in [0, 0.1) is 0 Å². The van der Waals surface area contributed by atoms with Crippen LogP contribution in [0.5, 0.6) is 11.5 Å². The molecule has 2 fully saturated rings. The smallest absolute Gasteiger partial charge is 0.308 e. The van der Waals surface area contributed by atoms with Gasteiger partial charge in [0, 0.05) is 18.9 Å². The van der Waals surface area contributed by atoms with Crippen LogP contribution in [0.2, 0.25) is 0 Å². The van der Waals surface area contributed by atoms with E-state index >= 15 is 0 Å². The number of carbonyl (C=O) groups is 1. The van der Waals surface area contributed by atoms with E-state index in [1.54, 1.807) is 12.1 Å². The van der Waals surface area contributed by atoms with E-state index in [1.807, 2.05) is 0 Å². The van der Waals surface area contributed by atoms with Gasteiger partial charge in [-0.25, -0.2) is 0 Å². The normalized spacial score (nSPS) is 29.0. The summed E-state index contributed by atoms with van der Waals surface area (Å²) in [6.07, 6.45) is 3.32. The maximum Gasteiger partial charge on any atom is 0.308 e. The molecule has 3 atom stereocenters. The summed E-state index contributed by atoms with van der Waals surface area (Å²) in [5.41, 5.74) is 0.791. The summed E-state index contributed by atoms with van der Waals surface area (Å²) >= 11 is 0. The molecule has 2 saturated heterocycles. The summed E-state index contributed by atoms with van der Waals surface area (Å²) in [6, 6.07) is 4.62. The largest absolute Gasteiger partial charge is 0.508 e. The molecule has 2 bridgehead atoms. The van der Waals surface area contributed by atoms with Crippen molar-refractivity contribution in [2.45, 2.75) is 50.4 Å². The summed E-state index contributed by atoms with van der Waals surface area (Å²) in [4.78, 5) is 11.3. The molecule has 5 heteroatoms. The van der Waals surface area contributed by atoms with E-state index in [0.717, 1.165) is 24.8 Å². The Hall–Kier alpha value is -1.75. The van der Waals surface area contributed by atoms with Crippen LogP contribution in [0.25, 0.3) is 0 Å². The molecule has 108 valence electrons. The molecule has 5 nitrogen and oxygen atoms in total. The summed E-state index contributed by atoms with van der Waals surface area (Å²) in [5.74, 6) is -0.00470. The van der Waals surface area contributed by atoms with Gasteiger partial charge in [-0.15, -0.1) is 0 Å². The van der Waals surface area contributed by atoms with E-state index in [1.165, 1.54) is 6.07 Å². The molecular weight excluding hydrogens is 260 g/mol. The summed E-state index contributed by atoms with van der Waals surface area (Å²) < 4.78 is 11.2. The number of esters is 1. The summed E-state index contributed by atoms with van der Waals surface area (Å²) in [5, 5.41) is 19.0. The van der Waals surface area contributed by atoms with Crippen molar-refractivity contribution in [3.8, 4) is 11.5 Å². The topological polar surface area (TPSA) is 76.0 Å². The van der Waals surface area contributed by atoms with Gasteiger partial charge >= 0.3 is 5.97 Å². The van der Waals surface area contributed by atoms with E-state index in [-0.39, 0.29) is 35.8 Å². The number of aryl methyl sites for hydroxylation is 1. The van der Waals surface area contributed by atoms with Gasteiger partial charge in [0.1, 0.15) is 17.6 Å². The van der Waals surface area contributed by atoms with Crippen LogP contribution in [-0.2, 0) is 20.7 Å². The predicted octanol–water partition coefficient (Wildman–Crippen LogP) is 1.89. The zero-order valence-electron chi connectivity index (χ0n) is 11.1. The van der Waals surface area contributed by atoms with Crippen molar-refractivity contribution in [2.24, 2.45) is 0 Å². The van der Waals surface area contributed by atoms with Crippen LogP contribution < -0.4 is 0 Å². The van der Waals surface area contributed by atoms with Crippen LogP contribution >= 0.6 is 0 Å². The molecule has 20 heavy (non-hydrogen) atoms. The molecule has 2 aliphatic rings. The number of hydrogen-bond donors (Lipinski definition) is 2. The number of fused-ring (bicyclic) bond motifs is 2. The second kappa shape index (κ2) is 5.32. The molecule has 0 unspecified atom stereocenters. The fourth-order valence-electron chi connectivity index (χ4n) is 2.98. The van der Waals surface area contributed by atoms with Crippen LogP contribution in [0.3, 0.4) is 0 Å². The molecule has 2 N–H and O–H groups in total. The van der Waals surface area contributed by atoms with Crippen LogP contribution in [0.4, 0.5) is 0 Å². The molecule has 0 aromatic heterocycles. The van der Waals surface area contributed by atoms with E-state index in [9.17, 15) is 15.0 Å². The van der Waals surface area contributed by atoms with Crippen LogP contribution in [0.15, 0.2) is 18.2 Å². The van der Waals surface area contributed by atoms with Crippen LogP contribution in [0.1, 0.15) is 31.2 Å². The molecule has 1 aromatic rings. The quantitative estimate of drug-likeness (QED) is 0.826. The van der Waals surface area contributed by atoms with Crippen molar-refractivity contribution in [3.63, 3.8) is 0 Å². The molecule has 0 radical (unpaired) electrons. The lowest BCUT2D eigenvalue weighted by molar-refractivity contribution is -0.184. The van der Waals surface area contributed by atoms with Crippen molar-refractivity contribution in [3.05, 3.63) is 23.8 Å². The standard InChI is InChI=1S/C15H18O5/c16-10-3-1-9(14(17)5-10)2-4-11-6-12-7-13(19-11)8-15(18)20-12/h1,3,5,11-13,16-17H,2,4,6-8H2/t11-,12-,13+/m0/s1. The molecule has 0 amide bonds. The highest BCUT2D eigenvalue weighted by Crippen LogP contribution is 2.32. The van der Waals surface area contributed by atoms with Crippen molar-refractivity contribution in [2.75, 3.05) is 0 Å². The first-order valence-corrected chi connectivity index (χ1v) is 6.96. The number of hydrogen-bond acceptors (Lipinski definition) is 5. The molecular formula is C15H18O5. The predicted molar refractivity (Wildman–Crippen MR) is 70.5 cm³/mol. The average molecular weight is 278 g/mol. The molecule has 1 aromatic carbocycles. The van der Waals surface area contributed by atoms with Gasteiger partial charge in [0.25, 0.3) is 0 Å². The molecule has 0 saturated carbocycles. The third-order valence-corrected chi connectivity index (χ3v) is 3.93. The minimum Gasteiger partial charge on any atom is -0.508 e. The lowest BCUT2D eigenvalue weighted by Gasteiger charge is -2.38. The monoisotopic (exact) mass is 278 g/mol. The first kappa shape index (κ1) is 13.2. The van der Waals surface area contributed by atoms with Crippen molar-refractivity contribution in [1.29, 1.82) is 0 Å². The number of carbonyl (C=O) groups excluding carboxylic acids is 1. The molecule has 2 heterocycles. The lowest BCUT2D eigenvalue weighted by atomic mass is 9.93. The Kier molecular flexibility index (Phi) is 3.53. The van der Waals surface area contributed by atoms with Crippen molar-refractivity contribution in [1.82, 2.24) is 0 Å². The summed E-state index contributed by atoms with van der Waals surface area (Å²) in [6.45, 7) is 0. The number of rotatable bonds is 3. The van der Waals surface area contributed by atoms with E-state index in [4.69, 9.17) is 9.47 Å². The minimum absolute atomic E-state index is 0.0200. The Morgan fingerprint density at radius 1 is 1.20 bits per heavy atom. The van der Waals surface area contributed by atoms with Gasteiger partial charge in [0.05, 0.1) is 18.6 Å². The Morgan fingerprint density at radius 2 is 2.05 bits per heavy atom. The molecule has 0 spiro atoms. The fraction of sp³-hybridized carbons (Fsp3) is 0.533. The highest BCUT2D eigenvalue weighted by molar-refractivity contribution is 5.71. The number of phenolic OH excluding ortho intramolecular Hbond substituents is 2. The van der Waals surface area contributed by atoms with E-state index in [0.29, 0.717) is 12.8 Å². The number of aromatic hydroxyl groups is 2. The second-order valence-electron chi connectivity index (χ2n) is 5.52. The zero-order chi connectivity index (χ0) is 14.1. The van der Waals surface area contributed by atoms with E-state index < -0.39 is 0 Å². The van der Waals surface area contributed by atoms with Gasteiger partial charge < -0.3 is 19.7 Å². The van der Waals surface area contributed by atoms with Gasteiger partial charge in [-0.3, -0.25) is 4.79 Å². The highest BCUT2D eigenvalue weighted by Gasteiger charge is 2.37. The third-order valence-electron chi connectivity index (χ3n) is 3.93. The zero-order valence-corrected chi connectivity index (χ0v) is 11.1. The number of phenols is 2. The van der Waals surface area contributed by atoms with Gasteiger partial charge in [-0.1, -0.05) is 6.07 Å². The maximum absolute atomic E-state index is 11.3. The van der Waals surface area contributed by atoms with Crippen LogP contribution in [-0.4, -0.2) is 34.5 Å². The summed E-state index contributed by atoms with van der Waals surface area (Å²) in [7, 11) is 0. The average Bonchev–Trinajstić information content (AvgIpc) is 2.36. The van der Waals surface area contributed by atoms with Gasteiger partial charge in [0.2, 0.25) is 0 Å². The number of benzene rings is 1. The minimum atomic E-state index is -0.166. The van der Waals surface area contributed by atoms with E-state index in [2.05, 4.69) is 0 Å². The molecule has 2 aliphatic heterocycles.